The summed E-state index contributed by atoms with van der Waals surface area (Å²) in [5.74, 6) is 1.10. The average Bonchev–Trinajstić information content (AvgIpc) is 3.19. The van der Waals surface area contributed by atoms with E-state index in [0.717, 1.165) is 11.1 Å². The van der Waals surface area contributed by atoms with E-state index in [4.69, 9.17) is 26.1 Å². The molecule has 194 valence electrons. The molecule has 0 saturated heterocycles. The van der Waals surface area contributed by atoms with Gasteiger partial charge in [0.2, 0.25) is 0 Å². The second-order valence-corrected chi connectivity index (χ2v) is 9.90. The first-order valence-electron chi connectivity index (χ1n) is 12.2. The fourth-order valence-corrected chi connectivity index (χ4v) is 5.61. The lowest BCUT2D eigenvalue weighted by Crippen LogP contribution is -2.43. The van der Waals surface area contributed by atoms with Gasteiger partial charge in [-0.05, 0) is 69.2 Å². The Hall–Kier alpha value is -3.36. The van der Waals surface area contributed by atoms with Crippen molar-refractivity contribution < 1.29 is 14.3 Å². The molecule has 1 aromatic heterocycles. The fraction of sp³-hybridized carbons (Fsp3) is 0.321. The molecule has 1 unspecified atom stereocenters. The minimum absolute atomic E-state index is 0.128. The van der Waals surface area contributed by atoms with Crippen LogP contribution in [0.15, 0.2) is 63.5 Å². The highest BCUT2D eigenvalue weighted by Gasteiger charge is 2.34. The van der Waals surface area contributed by atoms with Crippen LogP contribution in [-0.2, 0) is 4.79 Å². The van der Waals surface area contributed by atoms with Crippen molar-refractivity contribution in [3.63, 3.8) is 0 Å². The third-order valence-corrected chi connectivity index (χ3v) is 7.51. The highest BCUT2D eigenvalue weighted by Crippen LogP contribution is 2.32. The van der Waals surface area contributed by atoms with Crippen LogP contribution in [0, 0.1) is 0 Å². The van der Waals surface area contributed by atoms with Crippen molar-refractivity contribution in [2.45, 2.75) is 33.7 Å². The molecule has 7 nitrogen and oxygen atoms in total. The molecule has 0 radical (unpaired) electrons. The highest BCUT2D eigenvalue weighted by atomic mass is 35.5. The summed E-state index contributed by atoms with van der Waals surface area (Å²) >= 11 is 7.46. The lowest BCUT2D eigenvalue weighted by molar-refractivity contribution is -0.127. The summed E-state index contributed by atoms with van der Waals surface area (Å²) in [4.78, 5) is 34.5. The van der Waals surface area contributed by atoms with E-state index in [9.17, 15) is 9.59 Å². The van der Waals surface area contributed by atoms with E-state index in [-0.39, 0.29) is 11.5 Å². The lowest BCUT2D eigenvalue weighted by atomic mass is 9.94. The number of amides is 1. The van der Waals surface area contributed by atoms with E-state index < -0.39 is 6.04 Å². The molecular weight excluding hydrogens is 510 g/mol. The predicted octanol–water partition coefficient (Wildman–Crippen LogP) is 4.16. The summed E-state index contributed by atoms with van der Waals surface area (Å²) in [6.45, 7) is 9.22. The van der Waals surface area contributed by atoms with Crippen LogP contribution in [-0.4, -0.2) is 42.2 Å². The van der Waals surface area contributed by atoms with Crippen molar-refractivity contribution in [3.8, 4) is 11.5 Å². The zero-order valence-corrected chi connectivity index (χ0v) is 23.2. The molecule has 9 heteroatoms. The van der Waals surface area contributed by atoms with Crippen molar-refractivity contribution in [2.24, 2.45) is 4.99 Å². The number of benzene rings is 2. The molecule has 2 aromatic carbocycles. The topological polar surface area (TPSA) is 73.1 Å². The van der Waals surface area contributed by atoms with Gasteiger partial charge in [-0.3, -0.25) is 14.2 Å². The highest BCUT2D eigenvalue weighted by molar-refractivity contribution is 7.07. The van der Waals surface area contributed by atoms with Gasteiger partial charge >= 0.3 is 0 Å². The second-order valence-electron chi connectivity index (χ2n) is 8.45. The van der Waals surface area contributed by atoms with Gasteiger partial charge in [-0.25, -0.2) is 4.99 Å². The average molecular weight is 540 g/mol. The zero-order chi connectivity index (χ0) is 26.7. The smallest absolute Gasteiger partial charge is 0.271 e. The van der Waals surface area contributed by atoms with Gasteiger partial charge in [-0.1, -0.05) is 41.1 Å². The molecule has 1 aliphatic rings. The lowest BCUT2D eigenvalue weighted by Gasteiger charge is -2.29. The maximum atomic E-state index is 13.8. The Labute approximate surface area is 224 Å². The number of ether oxygens (including phenoxy) is 2. The molecule has 0 N–H and O–H groups in total. The van der Waals surface area contributed by atoms with E-state index in [2.05, 4.69) is 0 Å². The molecular formula is C28H30ClN3O4S. The van der Waals surface area contributed by atoms with E-state index in [1.165, 1.54) is 11.3 Å². The Morgan fingerprint density at radius 1 is 1.14 bits per heavy atom. The van der Waals surface area contributed by atoms with Gasteiger partial charge in [0.25, 0.3) is 11.5 Å². The number of likely N-dealkylation sites (N-methyl/N-ethyl adjacent to an activating group) is 1. The number of methoxy groups -OCH3 is 1. The van der Waals surface area contributed by atoms with Gasteiger partial charge in [0, 0.05) is 18.1 Å². The van der Waals surface area contributed by atoms with E-state index >= 15 is 0 Å². The number of carbonyl (C=O) groups excluding carboxylic acids is 1. The monoisotopic (exact) mass is 539 g/mol. The molecule has 4 rings (SSSR count). The van der Waals surface area contributed by atoms with Gasteiger partial charge in [-0.15, -0.1) is 0 Å². The number of thiazole rings is 1. The van der Waals surface area contributed by atoms with Crippen LogP contribution in [0.2, 0.25) is 5.02 Å². The van der Waals surface area contributed by atoms with Crippen LogP contribution >= 0.6 is 22.9 Å². The van der Waals surface area contributed by atoms with E-state index in [0.29, 0.717) is 56.8 Å². The fourth-order valence-electron chi connectivity index (χ4n) is 4.44. The maximum absolute atomic E-state index is 13.8. The normalized spacial score (nSPS) is 15.3. The molecule has 1 aliphatic heterocycles. The molecule has 1 atom stereocenters. The van der Waals surface area contributed by atoms with Crippen molar-refractivity contribution in [1.29, 1.82) is 0 Å². The quantitative estimate of drug-likeness (QED) is 0.431. The van der Waals surface area contributed by atoms with Gasteiger partial charge in [0.1, 0.15) is 0 Å². The summed E-state index contributed by atoms with van der Waals surface area (Å²) in [6, 6.07) is 12.2. The summed E-state index contributed by atoms with van der Waals surface area (Å²) < 4.78 is 13.2. The minimum Gasteiger partial charge on any atom is -0.493 e. The van der Waals surface area contributed by atoms with Gasteiger partial charge < -0.3 is 14.4 Å². The number of carbonyl (C=O) groups is 1. The molecule has 3 aromatic rings. The number of fused-ring (bicyclic) bond motifs is 1. The molecule has 0 spiro atoms. The number of aromatic nitrogens is 1. The Balaban J connectivity index is 1.92. The van der Waals surface area contributed by atoms with Gasteiger partial charge in [0.15, 0.2) is 16.3 Å². The minimum atomic E-state index is -0.612. The number of hydrogen-bond donors (Lipinski definition) is 0. The molecule has 0 bridgehead atoms. The van der Waals surface area contributed by atoms with Crippen LogP contribution in [0.1, 0.15) is 44.9 Å². The van der Waals surface area contributed by atoms with Crippen molar-refractivity contribution in [3.05, 3.63) is 89.6 Å². The Kier molecular flexibility index (Phi) is 8.19. The summed E-state index contributed by atoms with van der Waals surface area (Å²) in [7, 11) is 1.59. The SMILES string of the molecule is CCOc1cc(/C=c2\sc3n(c2=O)C(c2ccc(Cl)cc2)C(C(=O)N(CC)CC)=C(C)N=3)ccc1OC. The molecule has 2 heterocycles. The summed E-state index contributed by atoms with van der Waals surface area (Å²) in [5.41, 5.74) is 2.48. The van der Waals surface area contributed by atoms with Crippen molar-refractivity contribution in [2.75, 3.05) is 26.8 Å². The number of halogens is 1. The Morgan fingerprint density at radius 3 is 2.46 bits per heavy atom. The van der Waals surface area contributed by atoms with Crippen LogP contribution in [0.5, 0.6) is 11.5 Å². The predicted molar refractivity (Wildman–Crippen MR) is 147 cm³/mol. The molecule has 37 heavy (non-hydrogen) atoms. The molecule has 1 amide bonds. The van der Waals surface area contributed by atoms with Gasteiger partial charge in [-0.2, -0.15) is 0 Å². The van der Waals surface area contributed by atoms with Crippen molar-refractivity contribution >= 4 is 34.9 Å². The van der Waals surface area contributed by atoms with Crippen molar-refractivity contribution in [1.82, 2.24) is 9.47 Å². The summed E-state index contributed by atoms with van der Waals surface area (Å²) in [6.07, 6.45) is 1.82. The van der Waals surface area contributed by atoms with Crippen LogP contribution in [0.3, 0.4) is 0 Å². The summed E-state index contributed by atoms with van der Waals surface area (Å²) in [5, 5.41) is 0.582. The van der Waals surface area contributed by atoms with E-state index in [1.807, 2.05) is 64.1 Å². The maximum Gasteiger partial charge on any atom is 0.271 e. The molecule has 0 aliphatic carbocycles. The third-order valence-electron chi connectivity index (χ3n) is 6.27. The van der Waals surface area contributed by atoms with Crippen LogP contribution in [0.25, 0.3) is 6.08 Å². The third kappa shape index (κ3) is 5.22. The second kappa shape index (κ2) is 11.4. The number of nitrogens with zero attached hydrogens (tertiary/aromatic N) is 3. The first kappa shape index (κ1) is 26.7. The van der Waals surface area contributed by atoms with Gasteiger partial charge in [0.05, 0.1) is 35.6 Å². The Bertz CT molecular complexity index is 1520. The largest absolute Gasteiger partial charge is 0.493 e. The first-order valence-corrected chi connectivity index (χ1v) is 13.4. The number of hydrogen-bond acceptors (Lipinski definition) is 6. The molecule has 0 fully saturated rings. The standard InChI is InChI=1S/C28H30ClN3O4S/c1-6-31(7-2)27(34)24-17(4)30-28-32(25(24)19-10-12-20(29)13-11-19)26(33)23(37-28)16-18-9-14-21(35-5)22(15-18)36-8-3/h9-16,25H,6-8H2,1-5H3/b23-16-. The molecule has 0 saturated carbocycles. The first-order chi connectivity index (χ1) is 17.8. The Morgan fingerprint density at radius 2 is 1.84 bits per heavy atom. The van der Waals surface area contributed by atoms with E-state index in [1.54, 1.807) is 28.7 Å². The number of rotatable bonds is 8. The van der Waals surface area contributed by atoms with Crippen LogP contribution < -0.4 is 24.4 Å². The zero-order valence-electron chi connectivity index (χ0n) is 21.6. The van der Waals surface area contributed by atoms with Crippen LogP contribution in [0.4, 0.5) is 0 Å². The number of allylic oxidation sites excluding steroid dienone is 1.